The van der Waals surface area contributed by atoms with E-state index in [0.29, 0.717) is 17.7 Å². The third-order valence-corrected chi connectivity index (χ3v) is 5.80. The molecule has 36 heavy (non-hydrogen) atoms. The van der Waals surface area contributed by atoms with Crippen molar-refractivity contribution < 1.29 is 32.2 Å². The number of carbonyl (C=O) groups excluding carboxylic acids is 1. The number of benzene rings is 2. The second-order valence-corrected chi connectivity index (χ2v) is 8.27. The highest BCUT2D eigenvalue weighted by atomic mass is 19.4. The minimum Gasteiger partial charge on any atom is -0.493 e. The minimum atomic E-state index is -4.84. The number of alkyl halides is 3. The lowest BCUT2D eigenvalue weighted by atomic mass is 9.89. The summed E-state index contributed by atoms with van der Waals surface area (Å²) in [7, 11) is 1.27. The monoisotopic (exact) mass is 501 g/mol. The van der Waals surface area contributed by atoms with E-state index in [1.165, 1.54) is 30.3 Å². The first-order chi connectivity index (χ1) is 17.3. The van der Waals surface area contributed by atoms with Gasteiger partial charge in [-0.05, 0) is 54.5 Å². The Hall–Kier alpha value is -3.95. The maximum atomic E-state index is 12.8. The van der Waals surface area contributed by atoms with Crippen LogP contribution in [-0.2, 0) is 16.1 Å². The predicted molar refractivity (Wildman–Crippen MR) is 128 cm³/mol. The molecule has 2 aromatic rings. The van der Waals surface area contributed by atoms with E-state index in [4.69, 9.17) is 9.47 Å². The van der Waals surface area contributed by atoms with Crippen LogP contribution in [0.4, 0.5) is 18.9 Å². The van der Waals surface area contributed by atoms with E-state index >= 15 is 0 Å². The van der Waals surface area contributed by atoms with Gasteiger partial charge in [0.1, 0.15) is 0 Å². The number of rotatable bonds is 8. The van der Waals surface area contributed by atoms with E-state index in [9.17, 15) is 18.0 Å². The Morgan fingerprint density at radius 1 is 1.14 bits per heavy atom. The van der Waals surface area contributed by atoms with Crippen LogP contribution in [0.1, 0.15) is 30.9 Å². The number of amides is 1. The summed E-state index contributed by atoms with van der Waals surface area (Å²) in [4.78, 5) is 12.8. The topological polar surface area (TPSA) is 72.4 Å². The summed E-state index contributed by atoms with van der Waals surface area (Å²) in [6.07, 6.45) is 2.99. The average Bonchev–Trinajstić information content (AvgIpc) is 2.86. The standard InChI is InChI=1S/C26H26F3N3O4/c1-3-18-15-24(33)32(16-17-7-10-20(11-8-17)30-23-6-4-5-13-35-23)31-25(18)19-9-12-21(22(14-19)34-2)36-26(27,28)29/h4-14,18,23,30H,3,15-16H2,1-2H3. The Morgan fingerprint density at radius 2 is 1.92 bits per heavy atom. The van der Waals surface area contributed by atoms with Gasteiger partial charge in [0.05, 0.1) is 25.6 Å². The van der Waals surface area contributed by atoms with Crippen molar-refractivity contribution in [2.75, 3.05) is 12.4 Å². The molecule has 2 aliphatic rings. The zero-order chi connectivity index (χ0) is 25.7. The maximum Gasteiger partial charge on any atom is 0.573 e. The Bertz CT molecular complexity index is 1180. The summed E-state index contributed by atoms with van der Waals surface area (Å²) >= 11 is 0. The number of anilines is 1. The number of hydrazone groups is 1. The molecule has 0 saturated heterocycles. The molecule has 190 valence electrons. The molecule has 0 spiro atoms. The SMILES string of the molecule is CCC1CC(=O)N(Cc2ccc(NC3C=CC=CO3)cc2)N=C1c1ccc(OC(F)(F)F)c(OC)c1. The second-order valence-electron chi connectivity index (χ2n) is 8.27. The number of allylic oxidation sites excluding steroid dienone is 2. The van der Waals surface area contributed by atoms with Gasteiger partial charge in [-0.25, -0.2) is 5.01 Å². The van der Waals surface area contributed by atoms with Crippen LogP contribution in [0.2, 0.25) is 0 Å². The zero-order valence-electron chi connectivity index (χ0n) is 19.8. The summed E-state index contributed by atoms with van der Waals surface area (Å²) < 4.78 is 52.7. The van der Waals surface area contributed by atoms with E-state index in [1.54, 1.807) is 12.3 Å². The number of carbonyl (C=O) groups is 1. The molecule has 2 heterocycles. The Kier molecular flexibility index (Phi) is 7.52. The first-order valence-electron chi connectivity index (χ1n) is 11.4. The van der Waals surface area contributed by atoms with Gasteiger partial charge in [0, 0.05) is 23.6 Å². The molecular weight excluding hydrogens is 475 g/mol. The lowest BCUT2D eigenvalue weighted by molar-refractivity contribution is -0.275. The van der Waals surface area contributed by atoms with Crippen molar-refractivity contribution in [3.63, 3.8) is 0 Å². The largest absolute Gasteiger partial charge is 0.573 e. The van der Waals surface area contributed by atoms with E-state index in [2.05, 4.69) is 15.2 Å². The summed E-state index contributed by atoms with van der Waals surface area (Å²) in [5.41, 5.74) is 2.91. The first-order valence-corrected chi connectivity index (χ1v) is 11.4. The van der Waals surface area contributed by atoms with Crippen LogP contribution >= 0.6 is 0 Å². The lowest BCUT2D eigenvalue weighted by Crippen LogP contribution is -2.36. The molecule has 2 aromatic carbocycles. The molecule has 0 aliphatic carbocycles. The molecule has 0 fully saturated rings. The van der Waals surface area contributed by atoms with Gasteiger partial charge in [-0.1, -0.05) is 25.1 Å². The van der Waals surface area contributed by atoms with Crippen molar-refractivity contribution in [1.82, 2.24) is 5.01 Å². The lowest BCUT2D eigenvalue weighted by Gasteiger charge is -2.29. The quantitative estimate of drug-likeness (QED) is 0.510. The zero-order valence-corrected chi connectivity index (χ0v) is 19.8. The molecule has 0 saturated carbocycles. The highest BCUT2D eigenvalue weighted by Gasteiger charge is 2.34. The highest BCUT2D eigenvalue weighted by molar-refractivity contribution is 6.06. The van der Waals surface area contributed by atoms with Crippen LogP contribution < -0.4 is 14.8 Å². The van der Waals surface area contributed by atoms with Gasteiger partial charge < -0.3 is 19.5 Å². The van der Waals surface area contributed by atoms with Gasteiger partial charge in [-0.2, -0.15) is 5.10 Å². The third-order valence-electron chi connectivity index (χ3n) is 5.80. The fraction of sp³-hybridized carbons (Fsp3) is 0.308. The molecule has 1 N–H and O–H groups in total. The van der Waals surface area contributed by atoms with Gasteiger partial charge in [0.15, 0.2) is 17.7 Å². The van der Waals surface area contributed by atoms with Crippen molar-refractivity contribution in [2.24, 2.45) is 11.0 Å². The minimum absolute atomic E-state index is 0.0683. The summed E-state index contributed by atoms with van der Waals surface area (Å²) in [5.74, 6) is -0.799. The average molecular weight is 502 g/mol. The summed E-state index contributed by atoms with van der Waals surface area (Å²) in [5, 5.41) is 9.23. The molecule has 4 rings (SSSR count). The van der Waals surface area contributed by atoms with Crippen molar-refractivity contribution in [2.45, 2.75) is 38.9 Å². The number of hydrogen-bond donors (Lipinski definition) is 1. The molecule has 0 bridgehead atoms. The number of nitrogens with one attached hydrogen (secondary N) is 1. The van der Waals surface area contributed by atoms with Gasteiger partial charge in [-0.15, -0.1) is 13.2 Å². The highest BCUT2D eigenvalue weighted by Crippen LogP contribution is 2.35. The van der Waals surface area contributed by atoms with Crippen LogP contribution in [0.5, 0.6) is 11.5 Å². The molecule has 1 amide bonds. The predicted octanol–water partition coefficient (Wildman–Crippen LogP) is 5.59. The smallest absolute Gasteiger partial charge is 0.493 e. The fourth-order valence-corrected chi connectivity index (χ4v) is 3.98. The van der Waals surface area contributed by atoms with Gasteiger partial charge in [-0.3, -0.25) is 4.79 Å². The van der Waals surface area contributed by atoms with E-state index in [0.717, 1.165) is 11.3 Å². The Labute approximate surface area is 206 Å². The van der Waals surface area contributed by atoms with Crippen LogP contribution in [0.15, 0.2) is 72.1 Å². The molecule has 0 radical (unpaired) electrons. The van der Waals surface area contributed by atoms with E-state index in [1.807, 2.05) is 43.3 Å². The molecule has 2 unspecified atom stereocenters. The maximum absolute atomic E-state index is 12.8. The van der Waals surface area contributed by atoms with Crippen molar-refractivity contribution in [3.8, 4) is 11.5 Å². The summed E-state index contributed by atoms with van der Waals surface area (Å²) in [6, 6.07) is 11.7. The van der Waals surface area contributed by atoms with Crippen LogP contribution in [0.25, 0.3) is 0 Å². The molecule has 2 aliphatic heterocycles. The Balaban J connectivity index is 1.53. The van der Waals surface area contributed by atoms with Crippen LogP contribution in [0, 0.1) is 5.92 Å². The van der Waals surface area contributed by atoms with E-state index < -0.39 is 12.1 Å². The second kappa shape index (κ2) is 10.8. The molecule has 7 nitrogen and oxygen atoms in total. The van der Waals surface area contributed by atoms with Crippen molar-refractivity contribution in [1.29, 1.82) is 0 Å². The normalized spacial score (nSPS) is 19.5. The molecule has 2 atom stereocenters. The van der Waals surface area contributed by atoms with Gasteiger partial charge in [0.2, 0.25) is 5.91 Å². The number of methoxy groups -OCH3 is 1. The third kappa shape index (κ3) is 6.18. The van der Waals surface area contributed by atoms with Crippen molar-refractivity contribution in [3.05, 3.63) is 78.1 Å². The number of hydrogen-bond acceptors (Lipinski definition) is 6. The van der Waals surface area contributed by atoms with Gasteiger partial charge in [0.25, 0.3) is 0 Å². The summed E-state index contributed by atoms with van der Waals surface area (Å²) in [6.45, 7) is 2.20. The van der Waals surface area contributed by atoms with Crippen LogP contribution in [-0.4, -0.2) is 36.3 Å². The van der Waals surface area contributed by atoms with Gasteiger partial charge >= 0.3 is 6.36 Å². The molecule has 10 heteroatoms. The molecular formula is C26H26F3N3O4. The fourth-order valence-electron chi connectivity index (χ4n) is 3.98. The number of halogens is 3. The van der Waals surface area contributed by atoms with E-state index in [-0.39, 0.29) is 36.8 Å². The number of ether oxygens (including phenoxy) is 3. The van der Waals surface area contributed by atoms with Crippen molar-refractivity contribution >= 4 is 17.3 Å². The molecule has 0 aromatic heterocycles. The first kappa shape index (κ1) is 25.2. The number of nitrogens with zero attached hydrogens (tertiary/aromatic N) is 2. The Morgan fingerprint density at radius 3 is 2.56 bits per heavy atom. The van der Waals surface area contributed by atoms with Crippen LogP contribution in [0.3, 0.4) is 0 Å².